The minimum atomic E-state index is -0.863. The molecule has 2 rings (SSSR count). The van der Waals surface area contributed by atoms with Crippen molar-refractivity contribution in [2.45, 2.75) is 75.6 Å². The van der Waals surface area contributed by atoms with Crippen molar-refractivity contribution in [3.05, 3.63) is 0 Å². The highest BCUT2D eigenvalue weighted by Crippen LogP contribution is 2.50. The molecular formula is C18H31ClN2O6S. The molecule has 0 aromatic carbocycles. The van der Waals surface area contributed by atoms with E-state index in [4.69, 9.17) is 19.9 Å². The molecule has 2 N–H and O–H groups in total. The number of carbonyl (C=O) groups is 3. The van der Waals surface area contributed by atoms with Gasteiger partial charge < -0.3 is 24.8 Å². The molecule has 0 saturated carbocycles. The first kappa shape index (κ1) is 24.8. The molecule has 2 saturated heterocycles. The molecule has 8 nitrogen and oxygen atoms in total. The van der Waals surface area contributed by atoms with E-state index in [1.54, 1.807) is 0 Å². The third-order valence-electron chi connectivity index (χ3n) is 5.06. The Morgan fingerprint density at radius 1 is 1.25 bits per heavy atom. The van der Waals surface area contributed by atoms with Gasteiger partial charge in [-0.3, -0.25) is 4.79 Å². The second kappa shape index (κ2) is 10.5. The van der Waals surface area contributed by atoms with E-state index in [0.29, 0.717) is 5.92 Å². The first-order valence-electron chi connectivity index (χ1n) is 9.44. The predicted molar refractivity (Wildman–Crippen MR) is 108 cm³/mol. The minimum Gasteiger partial charge on any atom is -0.434 e. The van der Waals surface area contributed by atoms with Crippen LogP contribution in [0.25, 0.3) is 0 Å². The van der Waals surface area contributed by atoms with Gasteiger partial charge in [-0.1, -0.05) is 33.1 Å². The molecule has 162 valence electrons. The topological polar surface area (TPSA) is 108 Å². The fourth-order valence-corrected chi connectivity index (χ4v) is 4.93. The normalized spacial score (nSPS) is 25.8. The maximum atomic E-state index is 12.4. The number of esters is 1. The summed E-state index contributed by atoms with van der Waals surface area (Å²) in [5.74, 6) is -0.578. The van der Waals surface area contributed by atoms with Gasteiger partial charge in [0.2, 0.25) is 12.7 Å². The third-order valence-corrected chi connectivity index (χ3v) is 6.66. The maximum Gasteiger partial charge on any atom is 0.511 e. The van der Waals surface area contributed by atoms with Crippen LogP contribution < -0.4 is 5.73 Å². The molecule has 0 aromatic heterocycles. The Balaban J connectivity index is 0.00000392. The van der Waals surface area contributed by atoms with E-state index in [1.807, 2.05) is 20.8 Å². The summed E-state index contributed by atoms with van der Waals surface area (Å²) in [5, 5.41) is -0.218. The van der Waals surface area contributed by atoms with Crippen LogP contribution in [0.15, 0.2) is 0 Å². The Morgan fingerprint density at radius 2 is 1.93 bits per heavy atom. The number of ether oxygens (including phenoxy) is 3. The fourth-order valence-electron chi connectivity index (χ4n) is 3.36. The molecule has 0 aromatic rings. The van der Waals surface area contributed by atoms with Gasteiger partial charge in [-0.05, 0) is 26.2 Å². The van der Waals surface area contributed by atoms with Crippen LogP contribution in [0.1, 0.15) is 53.4 Å². The number of nitrogens with two attached hydrogens (primary N) is 1. The zero-order valence-electron chi connectivity index (χ0n) is 16.8. The quantitative estimate of drug-likeness (QED) is 0.332. The molecule has 1 unspecified atom stereocenters. The second-order valence-electron chi connectivity index (χ2n) is 7.49. The number of β-lactam (4-membered cyclic amide) rings is 1. The first-order chi connectivity index (χ1) is 12.7. The lowest BCUT2D eigenvalue weighted by molar-refractivity contribution is -0.169. The van der Waals surface area contributed by atoms with Gasteiger partial charge in [0.05, 0.1) is 6.61 Å². The number of amides is 1. The average Bonchev–Trinajstić information content (AvgIpc) is 2.89. The van der Waals surface area contributed by atoms with E-state index in [0.717, 1.165) is 25.7 Å². The lowest BCUT2D eigenvalue weighted by atomic mass is 9.96. The number of rotatable bonds is 9. The van der Waals surface area contributed by atoms with Gasteiger partial charge in [0.25, 0.3) is 0 Å². The van der Waals surface area contributed by atoms with Crippen molar-refractivity contribution in [2.24, 2.45) is 11.7 Å². The second-order valence-corrected chi connectivity index (χ2v) is 9.26. The summed E-state index contributed by atoms with van der Waals surface area (Å²) >= 11 is 1.47. The minimum absolute atomic E-state index is 0. The van der Waals surface area contributed by atoms with Gasteiger partial charge in [-0.25, -0.2) is 9.59 Å². The maximum absolute atomic E-state index is 12.4. The van der Waals surface area contributed by atoms with Gasteiger partial charge in [0.15, 0.2) is 0 Å². The van der Waals surface area contributed by atoms with E-state index >= 15 is 0 Å². The first-order valence-corrected chi connectivity index (χ1v) is 10.3. The van der Waals surface area contributed by atoms with Gasteiger partial charge >= 0.3 is 12.1 Å². The molecule has 28 heavy (non-hydrogen) atoms. The average molecular weight is 439 g/mol. The van der Waals surface area contributed by atoms with Crippen LogP contribution in [0.4, 0.5) is 4.79 Å². The van der Waals surface area contributed by atoms with Gasteiger partial charge in [-0.2, -0.15) is 0 Å². The van der Waals surface area contributed by atoms with Crippen LogP contribution in [-0.4, -0.2) is 58.5 Å². The molecule has 2 heterocycles. The summed E-state index contributed by atoms with van der Waals surface area (Å²) in [5.41, 5.74) is 5.78. The predicted octanol–water partition coefficient (Wildman–Crippen LogP) is 2.67. The number of hydrogen-bond donors (Lipinski definition) is 1. The Bertz CT molecular complexity index is 576. The van der Waals surface area contributed by atoms with Gasteiger partial charge in [0.1, 0.15) is 17.5 Å². The summed E-state index contributed by atoms with van der Waals surface area (Å²) in [6, 6.07) is -1.34. The van der Waals surface area contributed by atoms with Crippen molar-refractivity contribution in [3.63, 3.8) is 0 Å². The molecule has 0 radical (unpaired) electrons. The van der Waals surface area contributed by atoms with Gasteiger partial charge in [0, 0.05) is 4.75 Å². The molecule has 2 aliphatic heterocycles. The fraction of sp³-hybridized carbons (Fsp3) is 0.833. The lowest BCUT2D eigenvalue weighted by Gasteiger charge is -2.41. The number of unbranched alkanes of at least 4 members (excludes halogenated alkanes) is 1. The van der Waals surface area contributed by atoms with Crippen molar-refractivity contribution in [1.29, 1.82) is 0 Å². The SMILES string of the molecule is CCCCC(CC)COC(=O)OCOC(=O)[C@@H]1N2C(=O)[C@@H](N)[C@H]2SC1(C)C.Cl. The van der Waals surface area contributed by atoms with E-state index in [2.05, 4.69) is 6.92 Å². The standard InChI is InChI=1S/C18H30N2O6S.ClH/c1-5-7-8-11(6-2)9-24-17(23)26-10-25-16(22)13-18(3,4)27-15-12(19)14(21)20(13)15;/h11-13,15H,5-10,19H2,1-4H3;1H/t11?,12-,13+,15-;/m1./s1. The summed E-state index contributed by atoms with van der Waals surface area (Å²) < 4.78 is 14.4. The van der Waals surface area contributed by atoms with E-state index < -0.39 is 35.7 Å². The molecule has 0 bridgehead atoms. The van der Waals surface area contributed by atoms with Crippen molar-refractivity contribution >= 4 is 42.2 Å². The Morgan fingerprint density at radius 3 is 2.54 bits per heavy atom. The van der Waals surface area contributed by atoms with E-state index in [1.165, 1.54) is 16.7 Å². The van der Waals surface area contributed by atoms with E-state index in [-0.39, 0.29) is 30.3 Å². The third kappa shape index (κ3) is 5.45. The summed E-state index contributed by atoms with van der Waals surface area (Å²) in [4.78, 5) is 37.5. The number of fused-ring (bicyclic) bond motifs is 1. The zero-order valence-corrected chi connectivity index (χ0v) is 18.5. The molecule has 10 heteroatoms. The van der Waals surface area contributed by atoms with Gasteiger partial charge in [-0.15, -0.1) is 24.2 Å². The number of thioether (sulfide) groups is 1. The Hall–Kier alpha value is -1.19. The highest BCUT2D eigenvalue weighted by molar-refractivity contribution is 8.01. The molecule has 0 spiro atoms. The zero-order chi connectivity index (χ0) is 20.2. The van der Waals surface area contributed by atoms with Crippen LogP contribution in [0.5, 0.6) is 0 Å². The van der Waals surface area contributed by atoms with Crippen molar-refractivity contribution in [3.8, 4) is 0 Å². The lowest BCUT2D eigenvalue weighted by Crippen LogP contribution is -2.68. The number of hydrogen-bond acceptors (Lipinski definition) is 8. The van der Waals surface area contributed by atoms with Crippen LogP contribution in [-0.2, 0) is 23.8 Å². The number of carbonyl (C=O) groups excluding carboxylic acids is 3. The molecule has 4 atom stereocenters. The summed E-state index contributed by atoms with van der Waals surface area (Å²) in [6.07, 6.45) is 3.24. The highest BCUT2D eigenvalue weighted by Gasteiger charge is 2.63. The molecule has 2 fully saturated rings. The monoisotopic (exact) mass is 438 g/mol. The summed E-state index contributed by atoms with van der Waals surface area (Å²) in [7, 11) is 0. The molecule has 2 aliphatic rings. The Kier molecular flexibility index (Phi) is 9.36. The number of halogens is 1. The largest absolute Gasteiger partial charge is 0.511 e. The highest BCUT2D eigenvalue weighted by atomic mass is 35.5. The van der Waals surface area contributed by atoms with E-state index in [9.17, 15) is 14.4 Å². The number of nitrogens with zero attached hydrogens (tertiary/aromatic N) is 1. The van der Waals surface area contributed by atoms with Crippen LogP contribution >= 0.6 is 24.2 Å². The van der Waals surface area contributed by atoms with Crippen molar-refractivity contribution in [1.82, 2.24) is 4.90 Å². The van der Waals surface area contributed by atoms with Crippen molar-refractivity contribution in [2.75, 3.05) is 13.4 Å². The molecular weight excluding hydrogens is 408 g/mol. The smallest absolute Gasteiger partial charge is 0.434 e. The molecule has 1 amide bonds. The van der Waals surface area contributed by atoms with Crippen LogP contribution in [0, 0.1) is 5.92 Å². The van der Waals surface area contributed by atoms with Crippen molar-refractivity contribution < 1.29 is 28.6 Å². The Labute approximate surface area is 176 Å². The van der Waals surface area contributed by atoms with Crippen LogP contribution in [0.3, 0.4) is 0 Å². The van der Waals surface area contributed by atoms with Crippen LogP contribution in [0.2, 0.25) is 0 Å². The molecule has 0 aliphatic carbocycles. The summed E-state index contributed by atoms with van der Waals surface area (Å²) in [6.45, 7) is 7.63.